The number of amides is 1. The summed E-state index contributed by atoms with van der Waals surface area (Å²) < 4.78 is 0. The lowest BCUT2D eigenvalue weighted by Gasteiger charge is -2.26. The van der Waals surface area contributed by atoms with Crippen LogP contribution in [0.2, 0.25) is 5.02 Å². The number of nitrogens with zero attached hydrogens (tertiary/aromatic N) is 3. The SMILES string of the molecule is CC(=O)NCCN(Cc1cc(C)nc(-c2ccc(Cl)cc2)n1)C(C)C(=O)O. The Labute approximate surface area is 163 Å². The zero-order chi connectivity index (χ0) is 20.0. The van der Waals surface area contributed by atoms with E-state index < -0.39 is 12.0 Å². The maximum Gasteiger partial charge on any atom is 0.320 e. The van der Waals surface area contributed by atoms with Gasteiger partial charge in [0.05, 0.1) is 5.69 Å². The molecule has 2 N–H and O–H groups in total. The molecule has 2 aromatic rings. The molecule has 1 amide bonds. The quantitative estimate of drug-likeness (QED) is 0.719. The molecule has 0 saturated heterocycles. The first-order valence-corrected chi connectivity index (χ1v) is 8.96. The number of hydrogen-bond donors (Lipinski definition) is 2. The van der Waals surface area contributed by atoms with Crippen LogP contribution in [0.25, 0.3) is 11.4 Å². The molecule has 0 bridgehead atoms. The summed E-state index contributed by atoms with van der Waals surface area (Å²) in [5.74, 6) is -0.520. The number of halogens is 1. The van der Waals surface area contributed by atoms with Gasteiger partial charge in [0.25, 0.3) is 0 Å². The highest BCUT2D eigenvalue weighted by Gasteiger charge is 2.21. The molecule has 0 saturated carbocycles. The number of hydrogen-bond acceptors (Lipinski definition) is 5. The molecule has 0 aliphatic carbocycles. The third-order valence-electron chi connectivity index (χ3n) is 4.05. The highest BCUT2D eigenvalue weighted by molar-refractivity contribution is 6.30. The van der Waals surface area contributed by atoms with Gasteiger partial charge in [0.1, 0.15) is 6.04 Å². The summed E-state index contributed by atoms with van der Waals surface area (Å²) in [6, 6.07) is 8.35. The summed E-state index contributed by atoms with van der Waals surface area (Å²) >= 11 is 5.93. The van der Waals surface area contributed by atoms with Crippen LogP contribution in [-0.4, -0.2) is 51.0 Å². The maximum atomic E-state index is 11.4. The molecule has 0 radical (unpaired) electrons. The number of rotatable bonds is 8. The molecular formula is C19H23ClN4O3. The topological polar surface area (TPSA) is 95.4 Å². The van der Waals surface area contributed by atoms with Crippen LogP contribution in [0.5, 0.6) is 0 Å². The van der Waals surface area contributed by atoms with E-state index in [0.29, 0.717) is 36.2 Å². The van der Waals surface area contributed by atoms with Crippen LogP contribution in [-0.2, 0) is 16.1 Å². The van der Waals surface area contributed by atoms with E-state index in [4.69, 9.17) is 11.6 Å². The van der Waals surface area contributed by atoms with E-state index in [-0.39, 0.29) is 5.91 Å². The van der Waals surface area contributed by atoms with E-state index in [1.54, 1.807) is 24.0 Å². The lowest BCUT2D eigenvalue weighted by molar-refractivity contribution is -0.142. The van der Waals surface area contributed by atoms with Gasteiger partial charge in [-0.2, -0.15) is 0 Å². The van der Waals surface area contributed by atoms with Gasteiger partial charge < -0.3 is 10.4 Å². The summed E-state index contributed by atoms with van der Waals surface area (Å²) in [4.78, 5) is 33.3. The zero-order valence-corrected chi connectivity index (χ0v) is 16.3. The number of aryl methyl sites for hydroxylation is 1. The van der Waals surface area contributed by atoms with E-state index in [0.717, 1.165) is 11.3 Å². The van der Waals surface area contributed by atoms with Gasteiger partial charge in [-0.05, 0) is 44.2 Å². The third kappa shape index (κ3) is 6.30. The van der Waals surface area contributed by atoms with Gasteiger partial charge >= 0.3 is 5.97 Å². The number of carbonyl (C=O) groups excluding carboxylic acids is 1. The van der Waals surface area contributed by atoms with Crippen LogP contribution < -0.4 is 5.32 Å². The minimum atomic E-state index is -0.929. The number of nitrogens with one attached hydrogen (secondary N) is 1. The van der Waals surface area contributed by atoms with Gasteiger partial charge in [-0.1, -0.05) is 11.6 Å². The highest BCUT2D eigenvalue weighted by atomic mass is 35.5. The van der Waals surface area contributed by atoms with Gasteiger partial charge in [0, 0.05) is 42.8 Å². The Morgan fingerprint density at radius 1 is 1.26 bits per heavy atom. The first-order chi connectivity index (χ1) is 12.8. The summed E-state index contributed by atoms with van der Waals surface area (Å²) in [5.41, 5.74) is 2.33. The molecule has 8 heteroatoms. The molecule has 1 atom stereocenters. The molecule has 0 aliphatic rings. The normalized spacial score (nSPS) is 12.0. The van der Waals surface area contributed by atoms with Crippen molar-refractivity contribution in [1.29, 1.82) is 0 Å². The minimum absolute atomic E-state index is 0.152. The van der Waals surface area contributed by atoms with Gasteiger partial charge in [0.15, 0.2) is 5.82 Å². The Bertz CT molecular complexity index is 811. The Balaban J connectivity index is 2.24. The van der Waals surface area contributed by atoms with Crippen LogP contribution in [0.4, 0.5) is 0 Å². The van der Waals surface area contributed by atoms with Gasteiger partial charge in [-0.15, -0.1) is 0 Å². The molecule has 1 aromatic carbocycles. The number of carbonyl (C=O) groups is 2. The molecule has 7 nitrogen and oxygen atoms in total. The van der Waals surface area contributed by atoms with Crippen molar-refractivity contribution in [2.75, 3.05) is 13.1 Å². The standard InChI is InChI=1S/C19H23ClN4O3/c1-12-10-17(23-18(22-12)15-4-6-16(20)7-5-15)11-24(13(2)19(26)27)9-8-21-14(3)25/h4-7,10,13H,8-9,11H2,1-3H3,(H,21,25)(H,26,27). The molecule has 1 unspecified atom stereocenters. The first kappa shape index (κ1) is 20.8. The molecule has 0 aliphatic heterocycles. The number of aliphatic carboxylic acids is 1. The Morgan fingerprint density at radius 3 is 2.52 bits per heavy atom. The second-order valence-corrected chi connectivity index (χ2v) is 6.74. The van der Waals surface area contributed by atoms with Crippen molar-refractivity contribution < 1.29 is 14.7 Å². The van der Waals surface area contributed by atoms with Crippen molar-refractivity contribution in [2.24, 2.45) is 0 Å². The molecule has 27 heavy (non-hydrogen) atoms. The second kappa shape index (κ2) is 9.43. The largest absolute Gasteiger partial charge is 0.480 e. The van der Waals surface area contributed by atoms with Crippen LogP contribution in [0.15, 0.2) is 30.3 Å². The monoisotopic (exact) mass is 390 g/mol. The maximum absolute atomic E-state index is 11.4. The van der Waals surface area contributed by atoms with Crippen LogP contribution in [0.1, 0.15) is 25.2 Å². The number of carboxylic acid groups (broad SMARTS) is 1. The van der Waals surface area contributed by atoms with E-state index in [2.05, 4.69) is 15.3 Å². The highest BCUT2D eigenvalue weighted by Crippen LogP contribution is 2.19. The van der Waals surface area contributed by atoms with Crippen LogP contribution >= 0.6 is 11.6 Å². The minimum Gasteiger partial charge on any atom is -0.480 e. The van der Waals surface area contributed by atoms with E-state index in [1.807, 2.05) is 25.1 Å². The summed E-state index contributed by atoms with van der Waals surface area (Å²) in [6.07, 6.45) is 0. The smallest absolute Gasteiger partial charge is 0.320 e. The molecule has 1 aromatic heterocycles. The van der Waals surface area contributed by atoms with Crippen molar-refractivity contribution in [2.45, 2.75) is 33.4 Å². The van der Waals surface area contributed by atoms with Crippen molar-refractivity contribution in [1.82, 2.24) is 20.2 Å². The fraction of sp³-hybridized carbons (Fsp3) is 0.368. The molecular weight excluding hydrogens is 368 g/mol. The lowest BCUT2D eigenvalue weighted by atomic mass is 10.2. The van der Waals surface area contributed by atoms with E-state index in [1.165, 1.54) is 6.92 Å². The van der Waals surface area contributed by atoms with Crippen molar-refractivity contribution in [3.8, 4) is 11.4 Å². The van der Waals surface area contributed by atoms with Crippen LogP contribution in [0, 0.1) is 6.92 Å². The molecule has 0 spiro atoms. The summed E-state index contributed by atoms with van der Waals surface area (Å²) in [5, 5.41) is 12.7. The van der Waals surface area contributed by atoms with Crippen LogP contribution in [0.3, 0.4) is 0 Å². The molecule has 0 fully saturated rings. The van der Waals surface area contributed by atoms with Crippen molar-refractivity contribution in [3.63, 3.8) is 0 Å². The Morgan fingerprint density at radius 2 is 1.93 bits per heavy atom. The number of carboxylic acids is 1. The second-order valence-electron chi connectivity index (χ2n) is 6.30. The number of aromatic nitrogens is 2. The number of benzene rings is 1. The zero-order valence-electron chi connectivity index (χ0n) is 15.6. The lowest BCUT2D eigenvalue weighted by Crippen LogP contribution is -2.43. The Kier molecular flexibility index (Phi) is 7.27. The summed E-state index contributed by atoms with van der Waals surface area (Å²) in [6.45, 7) is 6.00. The molecule has 144 valence electrons. The van der Waals surface area contributed by atoms with Gasteiger partial charge in [0.2, 0.25) is 5.91 Å². The fourth-order valence-electron chi connectivity index (χ4n) is 2.59. The molecule has 2 rings (SSSR count). The average molecular weight is 391 g/mol. The van der Waals surface area contributed by atoms with Gasteiger partial charge in [-0.3, -0.25) is 14.5 Å². The molecule has 1 heterocycles. The summed E-state index contributed by atoms with van der Waals surface area (Å²) in [7, 11) is 0. The predicted molar refractivity (Wildman–Crippen MR) is 103 cm³/mol. The third-order valence-corrected chi connectivity index (χ3v) is 4.30. The average Bonchev–Trinajstić information content (AvgIpc) is 2.60. The van der Waals surface area contributed by atoms with Crippen molar-refractivity contribution in [3.05, 3.63) is 46.7 Å². The van der Waals surface area contributed by atoms with E-state index in [9.17, 15) is 14.7 Å². The van der Waals surface area contributed by atoms with Crippen molar-refractivity contribution >= 4 is 23.5 Å². The Hall–Kier alpha value is -2.51. The first-order valence-electron chi connectivity index (χ1n) is 8.58. The predicted octanol–water partition coefficient (Wildman–Crippen LogP) is 2.52. The van der Waals surface area contributed by atoms with E-state index >= 15 is 0 Å². The van der Waals surface area contributed by atoms with Gasteiger partial charge in [-0.25, -0.2) is 9.97 Å². The fourth-order valence-corrected chi connectivity index (χ4v) is 2.72.